The number of hydrogen-bond donors (Lipinski definition) is 1. The summed E-state index contributed by atoms with van der Waals surface area (Å²) < 4.78 is 0. The molecule has 23 heavy (non-hydrogen) atoms. The van der Waals surface area contributed by atoms with Crippen LogP contribution in [0.4, 0.5) is 0 Å². The van der Waals surface area contributed by atoms with E-state index in [-0.39, 0.29) is 0 Å². The fraction of sp³-hybridized carbons (Fsp3) is 0.952. The van der Waals surface area contributed by atoms with Crippen LogP contribution in [0.2, 0.25) is 0 Å². The first-order chi connectivity index (χ1) is 11.2. The van der Waals surface area contributed by atoms with Crippen molar-refractivity contribution in [2.24, 2.45) is 23.7 Å². The normalized spacial score (nSPS) is 28.7. The Hall–Kier alpha value is -0.530. The molecule has 0 amide bonds. The highest BCUT2D eigenvalue weighted by molar-refractivity contribution is 5.66. The minimum atomic E-state index is -0.644. The second-order valence-corrected chi connectivity index (χ2v) is 8.29. The van der Waals surface area contributed by atoms with E-state index in [9.17, 15) is 4.79 Å². The summed E-state index contributed by atoms with van der Waals surface area (Å²) in [5.74, 6) is 3.67. The average Bonchev–Trinajstić information content (AvgIpc) is 3.41. The number of aliphatic carboxylic acids is 1. The van der Waals surface area contributed by atoms with Crippen LogP contribution in [0.25, 0.3) is 0 Å². The van der Waals surface area contributed by atoms with Gasteiger partial charge in [0.25, 0.3) is 0 Å². The number of unbranched alkanes of at least 4 members (excludes halogenated alkanes) is 6. The fourth-order valence-electron chi connectivity index (χ4n) is 4.33. The van der Waals surface area contributed by atoms with Crippen LogP contribution in [0.1, 0.15) is 103 Å². The highest BCUT2D eigenvalue weighted by Crippen LogP contribution is 2.51. The SMILES string of the molecule is CCCCCC1CC1CCC1CC1CCCCCCCC(=O)O. The second-order valence-electron chi connectivity index (χ2n) is 8.29. The lowest BCUT2D eigenvalue weighted by molar-refractivity contribution is -0.137. The number of hydrogen-bond acceptors (Lipinski definition) is 1. The van der Waals surface area contributed by atoms with Crippen LogP contribution in [0.5, 0.6) is 0 Å². The first-order valence-electron chi connectivity index (χ1n) is 10.4. The van der Waals surface area contributed by atoms with Crippen LogP contribution < -0.4 is 0 Å². The topological polar surface area (TPSA) is 37.3 Å². The third-order valence-electron chi connectivity index (χ3n) is 6.19. The van der Waals surface area contributed by atoms with Crippen molar-refractivity contribution in [2.45, 2.75) is 103 Å². The molecule has 2 rings (SSSR count). The number of carboxylic acid groups (broad SMARTS) is 1. The zero-order valence-electron chi connectivity index (χ0n) is 15.3. The number of carbonyl (C=O) groups is 1. The molecule has 2 saturated carbocycles. The molecule has 0 spiro atoms. The van der Waals surface area contributed by atoms with Gasteiger partial charge in [0.2, 0.25) is 0 Å². The van der Waals surface area contributed by atoms with Crippen molar-refractivity contribution in [1.82, 2.24) is 0 Å². The Kier molecular flexibility index (Phi) is 8.47. The molecule has 0 aromatic rings. The average molecular weight is 323 g/mol. The predicted molar refractivity (Wildman–Crippen MR) is 96.5 cm³/mol. The smallest absolute Gasteiger partial charge is 0.303 e. The Labute approximate surface area is 143 Å². The summed E-state index contributed by atoms with van der Waals surface area (Å²) in [6, 6.07) is 0. The van der Waals surface area contributed by atoms with Crippen LogP contribution in [0, 0.1) is 23.7 Å². The molecule has 0 aromatic heterocycles. The van der Waals surface area contributed by atoms with E-state index in [0.29, 0.717) is 6.42 Å². The molecule has 0 saturated heterocycles. The van der Waals surface area contributed by atoms with E-state index in [4.69, 9.17) is 5.11 Å². The maximum Gasteiger partial charge on any atom is 0.303 e. The van der Waals surface area contributed by atoms with Gasteiger partial charge in [-0.1, -0.05) is 64.7 Å². The zero-order chi connectivity index (χ0) is 16.5. The fourth-order valence-corrected chi connectivity index (χ4v) is 4.33. The van der Waals surface area contributed by atoms with Gasteiger partial charge in [-0.05, 0) is 55.8 Å². The largest absolute Gasteiger partial charge is 0.481 e. The Balaban J connectivity index is 1.34. The molecule has 2 nitrogen and oxygen atoms in total. The van der Waals surface area contributed by atoms with Gasteiger partial charge < -0.3 is 5.11 Å². The molecule has 2 aliphatic carbocycles. The van der Waals surface area contributed by atoms with Crippen LogP contribution >= 0.6 is 0 Å². The summed E-state index contributed by atoms with van der Waals surface area (Å²) in [6.45, 7) is 2.30. The quantitative estimate of drug-likeness (QED) is 0.352. The Morgan fingerprint density at radius 3 is 1.78 bits per heavy atom. The van der Waals surface area contributed by atoms with Crippen molar-refractivity contribution in [2.75, 3.05) is 0 Å². The first kappa shape index (κ1) is 18.8. The maximum absolute atomic E-state index is 10.4. The summed E-state index contributed by atoms with van der Waals surface area (Å²) in [6.07, 6.45) is 19.5. The lowest BCUT2D eigenvalue weighted by atomic mass is 10.0. The molecule has 0 aromatic carbocycles. The monoisotopic (exact) mass is 322 g/mol. The maximum atomic E-state index is 10.4. The molecule has 4 unspecified atom stereocenters. The van der Waals surface area contributed by atoms with Crippen molar-refractivity contribution in [3.63, 3.8) is 0 Å². The van der Waals surface area contributed by atoms with Crippen LogP contribution in [0.3, 0.4) is 0 Å². The standard InChI is InChI=1S/C21H38O2/c1-2-3-7-10-17-15-19(17)13-14-20-16-18(20)11-8-5-4-6-9-12-21(22)23/h17-20H,2-16H2,1H3,(H,22,23). The Bertz CT molecular complexity index is 339. The highest BCUT2D eigenvalue weighted by Gasteiger charge is 2.40. The van der Waals surface area contributed by atoms with Crippen LogP contribution in [-0.2, 0) is 4.79 Å². The lowest BCUT2D eigenvalue weighted by Gasteiger charge is -2.02. The van der Waals surface area contributed by atoms with Crippen molar-refractivity contribution >= 4 is 5.97 Å². The molecule has 134 valence electrons. The summed E-state index contributed by atoms with van der Waals surface area (Å²) >= 11 is 0. The van der Waals surface area contributed by atoms with E-state index in [0.717, 1.165) is 36.5 Å². The van der Waals surface area contributed by atoms with E-state index >= 15 is 0 Å². The van der Waals surface area contributed by atoms with Gasteiger partial charge in [-0.3, -0.25) is 4.79 Å². The van der Waals surface area contributed by atoms with E-state index < -0.39 is 5.97 Å². The van der Waals surface area contributed by atoms with Crippen LogP contribution in [0.15, 0.2) is 0 Å². The third kappa shape index (κ3) is 8.22. The Morgan fingerprint density at radius 1 is 0.739 bits per heavy atom. The van der Waals surface area contributed by atoms with E-state index in [1.54, 1.807) is 0 Å². The molecular formula is C21H38O2. The van der Waals surface area contributed by atoms with Crippen molar-refractivity contribution in [3.8, 4) is 0 Å². The summed E-state index contributed by atoms with van der Waals surface area (Å²) in [5.41, 5.74) is 0. The first-order valence-corrected chi connectivity index (χ1v) is 10.4. The van der Waals surface area contributed by atoms with Crippen molar-refractivity contribution in [1.29, 1.82) is 0 Å². The lowest BCUT2D eigenvalue weighted by Crippen LogP contribution is -1.93. The highest BCUT2D eigenvalue weighted by atomic mass is 16.4. The second kappa shape index (κ2) is 10.4. The summed E-state index contributed by atoms with van der Waals surface area (Å²) in [7, 11) is 0. The van der Waals surface area contributed by atoms with Crippen molar-refractivity contribution in [3.05, 3.63) is 0 Å². The molecule has 2 heteroatoms. The molecular weight excluding hydrogens is 284 g/mol. The van der Waals surface area contributed by atoms with Gasteiger partial charge in [0.15, 0.2) is 0 Å². The van der Waals surface area contributed by atoms with Crippen molar-refractivity contribution < 1.29 is 9.90 Å². The third-order valence-corrected chi connectivity index (χ3v) is 6.19. The molecule has 0 heterocycles. The molecule has 2 aliphatic rings. The molecule has 0 bridgehead atoms. The van der Waals surface area contributed by atoms with Gasteiger partial charge in [-0.2, -0.15) is 0 Å². The Morgan fingerprint density at radius 2 is 1.22 bits per heavy atom. The molecule has 1 N–H and O–H groups in total. The molecule has 0 radical (unpaired) electrons. The summed E-state index contributed by atoms with van der Waals surface area (Å²) in [5, 5.41) is 8.59. The van der Waals surface area contributed by atoms with Gasteiger partial charge in [-0.15, -0.1) is 0 Å². The summed E-state index contributed by atoms with van der Waals surface area (Å²) in [4.78, 5) is 10.4. The minimum Gasteiger partial charge on any atom is -0.481 e. The minimum absolute atomic E-state index is 0.352. The van der Waals surface area contributed by atoms with Gasteiger partial charge in [0.1, 0.15) is 0 Å². The number of carboxylic acids is 1. The zero-order valence-corrected chi connectivity index (χ0v) is 15.3. The van der Waals surface area contributed by atoms with Crippen LogP contribution in [-0.4, -0.2) is 11.1 Å². The predicted octanol–water partition coefficient (Wildman–Crippen LogP) is 6.43. The van der Waals surface area contributed by atoms with Gasteiger partial charge in [0.05, 0.1) is 0 Å². The van der Waals surface area contributed by atoms with Gasteiger partial charge >= 0.3 is 5.97 Å². The van der Waals surface area contributed by atoms with Gasteiger partial charge in [-0.25, -0.2) is 0 Å². The molecule has 4 atom stereocenters. The van der Waals surface area contributed by atoms with E-state index in [1.807, 2.05) is 0 Å². The molecule has 2 fully saturated rings. The van der Waals surface area contributed by atoms with E-state index in [2.05, 4.69) is 6.92 Å². The van der Waals surface area contributed by atoms with E-state index in [1.165, 1.54) is 77.0 Å². The molecule has 0 aliphatic heterocycles. The van der Waals surface area contributed by atoms with Gasteiger partial charge in [0, 0.05) is 6.42 Å². The number of rotatable bonds is 15.